The van der Waals surface area contributed by atoms with E-state index in [-0.39, 0.29) is 17.4 Å². The van der Waals surface area contributed by atoms with Crippen LogP contribution in [0.1, 0.15) is 19.2 Å². The van der Waals surface area contributed by atoms with E-state index in [1.807, 2.05) is 6.92 Å². The zero-order valence-electron chi connectivity index (χ0n) is 10.4. The summed E-state index contributed by atoms with van der Waals surface area (Å²) in [5, 5.41) is 0. The molecule has 0 aliphatic rings. The van der Waals surface area contributed by atoms with Crippen molar-refractivity contribution in [1.29, 1.82) is 0 Å². The van der Waals surface area contributed by atoms with Crippen molar-refractivity contribution in [2.75, 3.05) is 5.73 Å². The highest BCUT2D eigenvalue weighted by atomic mass is 19.2. The lowest BCUT2D eigenvalue weighted by atomic mass is 10.3. The first-order valence-electron chi connectivity index (χ1n) is 5.85. The van der Waals surface area contributed by atoms with Crippen LogP contribution in [-0.2, 0) is 6.42 Å². The van der Waals surface area contributed by atoms with Gasteiger partial charge in [0.05, 0.1) is 0 Å². The molecular weight excluding hydrogens is 252 g/mol. The van der Waals surface area contributed by atoms with E-state index in [1.54, 1.807) is 0 Å². The van der Waals surface area contributed by atoms with E-state index in [9.17, 15) is 8.78 Å². The van der Waals surface area contributed by atoms with Crippen molar-refractivity contribution in [3.8, 4) is 11.6 Å². The second-order valence-corrected chi connectivity index (χ2v) is 3.95. The van der Waals surface area contributed by atoms with Crippen LogP contribution in [0.2, 0.25) is 0 Å². The van der Waals surface area contributed by atoms with Crippen LogP contribution in [-0.4, -0.2) is 9.97 Å². The van der Waals surface area contributed by atoms with E-state index in [0.717, 1.165) is 12.5 Å². The number of hydrogen-bond donors (Lipinski definition) is 1. The fraction of sp³-hybridized carbons (Fsp3) is 0.231. The Labute approximate surface area is 109 Å². The van der Waals surface area contributed by atoms with Crippen LogP contribution in [0, 0.1) is 11.6 Å². The fourth-order valence-corrected chi connectivity index (χ4v) is 1.56. The Balaban J connectivity index is 2.30. The molecule has 2 aromatic rings. The largest absolute Gasteiger partial charge is 0.436 e. The molecule has 4 nitrogen and oxygen atoms in total. The van der Waals surface area contributed by atoms with E-state index in [0.29, 0.717) is 12.2 Å². The molecule has 0 aliphatic heterocycles. The molecule has 0 bridgehead atoms. The van der Waals surface area contributed by atoms with E-state index in [2.05, 4.69) is 9.97 Å². The van der Waals surface area contributed by atoms with Crippen LogP contribution in [0.15, 0.2) is 24.3 Å². The smallest absolute Gasteiger partial charge is 0.224 e. The Morgan fingerprint density at radius 2 is 2.05 bits per heavy atom. The summed E-state index contributed by atoms with van der Waals surface area (Å²) in [4.78, 5) is 8.11. The topological polar surface area (TPSA) is 61.0 Å². The van der Waals surface area contributed by atoms with Gasteiger partial charge in [-0.05, 0) is 18.6 Å². The lowest BCUT2D eigenvalue weighted by Gasteiger charge is -2.08. The number of hydrogen-bond acceptors (Lipinski definition) is 4. The molecular formula is C13H13F2N3O. The molecule has 0 atom stereocenters. The molecule has 0 saturated heterocycles. The average Bonchev–Trinajstić information content (AvgIpc) is 2.35. The summed E-state index contributed by atoms with van der Waals surface area (Å²) >= 11 is 0. The average molecular weight is 265 g/mol. The van der Waals surface area contributed by atoms with Crippen molar-refractivity contribution in [2.45, 2.75) is 19.8 Å². The van der Waals surface area contributed by atoms with E-state index >= 15 is 0 Å². The first kappa shape index (κ1) is 13.2. The quantitative estimate of drug-likeness (QED) is 0.922. The van der Waals surface area contributed by atoms with Crippen LogP contribution < -0.4 is 10.5 Å². The van der Waals surface area contributed by atoms with Gasteiger partial charge in [0.2, 0.25) is 11.7 Å². The number of aryl methyl sites for hydroxylation is 1. The predicted molar refractivity (Wildman–Crippen MR) is 66.9 cm³/mol. The van der Waals surface area contributed by atoms with Gasteiger partial charge in [0.15, 0.2) is 11.6 Å². The van der Waals surface area contributed by atoms with Gasteiger partial charge in [-0.25, -0.2) is 9.37 Å². The van der Waals surface area contributed by atoms with Gasteiger partial charge in [-0.3, -0.25) is 0 Å². The van der Waals surface area contributed by atoms with Gasteiger partial charge >= 0.3 is 0 Å². The Bertz CT molecular complexity index is 590. The van der Waals surface area contributed by atoms with E-state index < -0.39 is 11.6 Å². The van der Waals surface area contributed by atoms with Crippen LogP contribution in [0.5, 0.6) is 11.6 Å². The minimum Gasteiger partial charge on any atom is -0.436 e. The molecule has 0 spiro atoms. The summed E-state index contributed by atoms with van der Waals surface area (Å²) in [6, 6.07) is 5.05. The number of rotatable bonds is 4. The third-order valence-corrected chi connectivity index (χ3v) is 2.37. The number of nitrogen functional groups attached to an aromatic ring is 1. The Hall–Kier alpha value is -2.24. The number of nitrogens with two attached hydrogens (primary N) is 1. The summed E-state index contributed by atoms with van der Waals surface area (Å²) in [5.74, 6) is -1.44. The maximum Gasteiger partial charge on any atom is 0.224 e. The molecule has 0 amide bonds. The molecule has 0 fully saturated rings. The van der Waals surface area contributed by atoms with Crippen LogP contribution in [0.25, 0.3) is 0 Å². The maximum absolute atomic E-state index is 13.5. The number of anilines is 1. The van der Waals surface area contributed by atoms with Gasteiger partial charge in [-0.2, -0.15) is 9.37 Å². The van der Waals surface area contributed by atoms with Gasteiger partial charge in [-0.15, -0.1) is 0 Å². The number of halogens is 2. The zero-order valence-corrected chi connectivity index (χ0v) is 10.4. The molecule has 0 radical (unpaired) electrons. The normalized spacial score (nSPS) is 10.5. The molecule has 6 heteroatoms. The molecule has 0 aliphatic carbocycles. The lowest BCUT2D eigenvalue weighted by Crippen LogP contribution is -2.02. The molecule has 19 heavy (non-hydrogen) atoms. The van der Waals surface area contributed by atoms with Crippen molar-refractivity contribution in [3.05, 3.63) is 41.7 Å². The summed E-state index contributed by atoms with van der Waals surface area (Å²) in [5.41, 5.74) is 5.61. The second kappa shape index (κ2) is 5.60. The summed E-state index contributed by atoms with van der Waals surface area (Å²) in [6.07, 6.45) is 1.48. The van der Waals surface area contributed by atoms with Crippen molar-refractivity contribution in [1.82, 2.24) is 9.97 Å². The van der Waals surface area contributed by atoms with Gasteiger partial charge in [0.25, 0.3) is 0 Å². The van der Waals surface area contributed by atoms with Crippen LogP contribution in [0.4, 0.5) is 14.6 Å². The minimum absolute atomic E-state index is 0.0976. The van der Waals surface area contributed by atoms with Crippen molar-refractivity contribution in [2.24, 2.45) is 0 Å². The molecule has 2 rings (SSSR count). The Kier molecular flexibility index (Phi) is 3.89. The first-order chi connectivity index (χ1) is 9.10. The van der Waals surface area contributed by atoms with Crippen LogP contribution in [0.3, 0.4) is 0 Å². The van der Waals surface area contributed by atoms with Gasteiger partial charge in [0.1, 0.15) is 11.6 Å². The number of nitrogens with zero attached hydrogens (tertiary/aromatic N) is 2. The number of aromatic nitrogens is 2. The SMILES string of the molecule is CCCc1nc(N)cc(Oc2cccc(F)c2F)n1. The lowest BCUT2D eigenvalue weighted by molar-refractivity contribution is 0.403. The molecule has 0 unspecified atom stereocenters. The maximum atomic E-state index is 13.5. The van der Waals surface area contributed by atoms with E-state index in [1.165, 1.54) is 18.2 Å². The summed E-state index contributed by atoms with van der Waals surface area (Å²) < 4.78 is 31.7. The summed E-state index contributed by atoms with van der Waals surface area (Å²) in [7, 11) is 0. The number of benzene rings is 1. The summed E-state index contributed by atoms with van der Waals surface area (Å²) in [6.45, 7) is 1.97. The highest BCUT2D eigenvalue weighted by Gasteiger charge is 2.11. The van der Waals surface area contributed by atoms with Gasteiger partial charge in [-0.1, -0.05) is 13.0 Å². The molecule has 100 valence electrons. The molecule has 0 saturated carbocycles. The van der Waals surface area contributed by atoms with Crippen molar-refractivity contribution >= 4 is 5.82 Å². The fourth-order valence-electron chi connectivity index (χ4n) is 1.56. The van der Waals surface area contributed by atoms with Gasteiger partial charge in [0, 0.05) is 12.5 Å². The Morgan fingerprint density at radius 3 is 2.79 bits per heavy atom. The highest BCUT2D eigenvalue weighted by Crippen LogP contribution is 2.25. The second-order valence-electron chi connectivity index (χ2n) is 3.95. The van der Waals surface area contributed by atoms with Crippen LogP contribution >= 0.6 is 0 Å². The first-order valence-corrected chi connectivity index (χ1v) is 5.85. The van der Waals surface area contributed by atoms with Crippen molar-refractivity contribution < 1.29 is 13.5 Å². The Morgan fingerprint density at radius 1 is 1.26 bits per heavy atom. The third-order valence-electron chi connectivity index (χ3n) is 2.37. The van der Waals surface area contributed by atoms with Gasteiger partial charge < -0.3 is 10.5 Å². The monoisotopic (exact) mass is 265 g/mol. The third kappa shape index (κ3) is 3.15. The molecule has 1 aromatic carbocycles. The molecule has 1 heterocycles. The predicted octanol–water partition coefficient (Wildman–Crippen LogP) is 3.08. The minimum atomic E-state index is -1.06. The highest BCUT2D eigenvalue weighted by molar-refractivity contribution is 5.36. The molecule has 2 N–H and O–H groups in total. The number of ether oxygens (including phenoxy) is 1. The van der Waals surface area contributed by atoms with Crippen molar-refractivity contribution in [3.63, 3.8) is 0 Å². The molecule has 1 aromatic heterocycles. The zero-order chi connectivity index (χ0) is 13.8. The standard InChI is InChI=1S/C13H13F2N3O/c1-2-4-11-17-10(16)7-12(18-11)19-9-6-3-5-8(14)13(9)15/h3,5-7H,2,4H2,1H3,(H2,16,17,18). The van der Waals surface area contributed by atoms with E-state index in [4.69, 9.17) is 10.5 Å².